The topological polar surface area (TPSA) is 30.5 Å². The van der Waals surface area contributed by atoms with E-state index in [-0.39, 0.29) is 6.04 Å². The third-order valence-electron chi connectivity index (χ3n) is 6.01. The van der Waals surface area contributed by atoms with Gasteiger partial charge in [-0.25, -0.2) is 0 Å². The fraction of sp³-hybridized carbons (Fsp3) is 0.241. The molecule has 4 aromatic rings. The summed E-state index contributed by atoms with van der Waals surface area (Å²) in [7, 11) is 1.59. The van der Waals surface area contributed by atoms with E-state index in [1.807, 2.05) is 30.3 Å². The smallest absolute Gasteiger partial charge is 0.416 e. The molecule has 3 nitrogen and oxygen atoms in total. The van der Waals surface area contributed by atoms with E-state index in [0.717, 1.165) is 23.3 Å². The van der Waals surface area contributed by atoms with Gasteiger partial charge in [0.1, 0.15) is 12.4 Å². The van der Waals surface area contributed by atoms with Gasteiger partial charge in [-0.15, -0.1) is 0 Å². The van der Waals surface area contributed by atoms with Gasteiger partial charge in [0, 0.05) is 25.3 Å². The Kier molecular flexibility index (Phi) is 7.73. The predicted molar refractivity (Wildman–Crippen MR) is 133 cm³/mol. The molecule has 0 aromatic heterocycles. The quantitative estimate of drug-likeness (QED) is 0.254. The Morgan fingerprint density at radius 2 is 1.60 bits per heavy atom. The van der Waals surface area contributed by atoms with Crippen LogP contribution >= 0.6 is 0 Å². The monoisotopic (exact) mass is 479 g/mol. The van der Waals surface area contributed by atoms with Crippen LogP contribution in [-0.4, -0.2) is 20.3 Å². The standard InChI is InChI=1S/C29H28F3NO2/c1-20(25-9-5-7-22-6-3-4-8-26(22)25)33-19-21-10-15-28(35-17-16-34-2)27(18-21)23-11-13-24(14-12-23)29(30,31)32/h3-15,18,20,33H,16-17,19H2,1-2H3. The van der Waals surface area contributed by atoms with Crippen LogP contribution in [0.15, 0.2) is 84.9 Å². The Hall–Kier alpha value is -3.35. The van der Waals surface area contributed by atoms with E-state index in [1.165, 1.54) is 28.5 Å². The molecule has 0 bridgehead atoms. The molecule has 0 heterocycles. The van der Waals surface area contributed by atoms with Crippen LogP contribution in [0, 0.1) is 0 Å². The summed E-state index contributed by atoms with van der Waals surface area (Å²) in [6.45, 7) is 3.48. The summed E-state index contributed by atoms with van der Waals surface area (Å²) in [6, 6.07) is 25.7. The molecule has 4 aromatic carbocycles. The lowest BCUT2D eigenvalue weighted by Gasteiger charge is -2.18. The molecule has 0 saturated heterocycles. The molecule has 0 spiro atoms. The molecular formula is C29H28F3NO2. The average Bonchev–Trinajstić information content (AvgIpc) is 2.87. The van der Waals surface area contributed by atoms with Gasteiger partial charge in [-0.05, 0) is 58.7 Å². The minimum Gasteiger partial charge on any atom is -0.491 e. The molecule has 0 amide bonds. The van der Waals surface area contributed by atoms with E-state index in [9.17, 15) is 13.2 Å². The summed E-state index contributed by atoms with van der Waals surface area (Å²) in [5.41, 5.74) is 2.95. The Balaban J connectivity index is 1.57. The second kappa shape index (κ2) is 10.9. The lowest BCUT2D eigenvalue weighted by Crippen LogP contribution is -2.18. The Morgan fingerprint density at radius 3 is 2.34 bits per heavy atom. The summed E-state index contributed by atoms with van der Waals surface area (Å²) in [5.74, 6) is 0.604. The normalized spacial score (nSPS) is 12.6. The van der Waals surface area contributed by atoms with Crippen molar-refractivity contribution in [2.75, 3.05) is 20.3 Å². The maximum absolute atomic E-state index is 13.0. The van der Waals surface area contributed by atoms with E-state index < -0.39 is 11.7 Å². The first-order chi connectivity index (χ1) is 16.9. The maximum Gasteiger partial charge on any atom is 0.416 e. The van der Waals surface area contributed by atoms with E-state index in [0.29, 0.717) is 31.1 Å². The second-order valence-electron chi connectivity index (χ2n) is 8.42. The average molecular weight is 480 g/mol. The summed E-state index contributed by atoms with van der Waals surface area (Å²) in [6.07, 6.45) is -4.38. The van der Waals surface area contributed by atoms with Crippen LogP contribution in [0.25, 0.3) is 21.9 Å². The second-order valence-corrected chi connectivity index (χ2v) is 8.42. The van der Waals surface area contributed by atoms with Crippen molar-refractivity contribution in [1.29, 1.82) is 0 Å². The summed E-state index contributed by atoms with van der Waals surface area (Å²) >= 11 is 0. The number of benzene rings is 4. The van der Waals surface area contributed by atoms with Crippen molar-refractivity contribution in [2.24, 2.45) is 0 Å². The molecule has 35 heavy (non-hydrogen) atoms. The van der Waals surface area contributed by atoms with Crippen LogP contribution < -0.4 is 10.1 Å². The number of alkyl halides is 3. The number of hydrogen-bond acceptors (Lipinski definition) is 3. The Labute approximate surface area is 203 Å². The first-order valence-electron chi connectivity index (χ1n) is 11.5. The van der Waals surface area contributed by atoms with E-state index >= 15 is 0 Å². The highest BCUT2D eigenvalue weighted by Crippen LogP contribution is 2.35. The van der Waals surface area contributed by atoms with Crippen LogP contribution in [0.1, 0.15) is 29.7 Å². The fourth-order valence-electron chi connectivity index (χ4n) is 4.12. The largest absolute Gasteiger partial charge is 0.491 e. The zero-order valence-corrected chi connectivity index (χ0v) is 19.7. The third-order valence-corrected chi connectivity index (χ3v) is 6.01. The van der Waals surface area contributed by atoms with Gasteiger partial charge in [-0.3, -0.25) is 0 Å². The van der Waals surface area contributed by atoms with Crippen molar-refractivity contribution in [3.8, 4) is 16.9 Å². The maximum atomic E-state index is 13.0. The minimum absolute atomic E-state index is 0.105. The van der Waals surface area contributed by atoms with Crippen molar-refractivity contribution < 1.29 is 22.6 Å². The molecule has 1 unspecified atom stereocenters. The van der Waals surface area contributed by atoms with Gasteiger partial charge in [0.05, 0.1) is 12.2 Å². The lowest BCUT2D eigenvalue weighted by molar-refractivity contribution is -0.137. The SMILES string of the molecule is COCCOc1ccc(CNC(C)c2cccc3ccccc23)cc1-c1ccc(C(F)(F)F)cc1. The van der Waals surface area contributed by atoms with E-state index in [4.69, 9.17) is 9.47 Å². The van der Waals surface area contributed by atoms with E-state index in [2.05, 4.69) is 42.6 Å². The lowest BCUT2D eigenvalue weighted by atomic mass is 9.98. The molecule has 0 aliphatic heterocycles. The first kappa shape index (κ1) is 24.8. The van der Waals surface area contributed by atoms with Gasteiger partial charge >= 0.3 is 6.18 Å². The van der Waals surface area contributed by atoms with Gasteiger partial charge in [-0.1, -0.05) is 60.7 Å². The van der Waals surface area contributed by atoms with Crippen molar-refractivity contribution in [1.82, 2.24) is 5.32 Å². The van der Waals surface area contributed by atoms with Crippen molar-refractivity contribution in [2.45, 2.75) is 25.7 Å². The summed E-state index contributed by atoms with van der Waals surface area (Å²) in [4.78, 5) is 0. The van der Waals surface area contributed by atoms with Gasteiger partial charge < -0.3 is 14.8 Å². The molecule has 6 heteroatoms. The summed E-state index contributed by atoms with van der Waals surface area (Å²) < 4.78 is 50.0. The highest BCUT2D eigenvalue weighted by atomic mass is 19.4. The number of hydrogen-bond donors (Lipinski definition) is 1. The molecule has 0 saturated carbocycles. The minimum atomic E-state index is -4.38. The van der Waals surface area contributed by atoms with Crippen LogP contribution in [-0.2, 0) is 17.5 Å². The van der Waals surface area contributed by atoms with Crippen LogP contribution in [0.3, 0.4) is 0 Å². The molecular weight excluding hydrogens is 451 g/mol. The molecule has 1 atom stereocenters. The molecule has 4 rings (SSSR count). The highest BCUT2D eigenvalue weighted by molar-refractivity contribution is 5.86. The molecule has 0 fully saturated rings. The van der Waals surface area contributed by atoms with Crippen LogP contribution in [0.4, 0.5) is 13.2 Å². The first-order valence-corrected chi connectivity index (χ1v) is 11.5. The third kappa shape index (κ3) is 6.02. The Morgan fingerprint density at radius 1 is 0.857 bits per heavy atom. The molecule has 0 radical (unpaired) electrons. The molecule has 0 aliphatic carbocycles. The van der Waals surface area contributed by atoms with Crippen LogP contribution in [0.2, 0.25) is 0 Å². The van der Waals surface area contributed by atoms with Gasteiger partial charge in [-0.2, -0.15) is 13.2 Å². The molecule has 1 N–H and O–H groups in total. The summed E-state index contributed by atoms with van der Waals surface area (Å²) in [5, 5.41) is 5.98. The number of methoxy groups -OCH3 is 1. The van der Waals surface area contributed by atoms with Crippen molar-refractivity contribution in [3.05, 3.63) is 102 Å². The van der Waals surface area contributed by atoms with Crippen molar-refractivity contribution in [3.63, 3.8) is 0 Å². The van der Waals surface area contributed by atoms with Crippen LogP contribution in [0.5, 0.6) is 5.75 Å². The van der Waals surface area contributed by atoms with Gasteiger partial charge in [0.25, 0.3) is 0 Å². The number of rotatable bonds is 9. The van der Waals surface area contributed by atoms with Gasteiger partial charge in [0.2, 0.25) is 0 Å². The molecule has 0 aliphatic rings. The zero-order chi connectivity index (χ0) is 24.8. The molecule has 182 valence electrons. The number of fused-ring (bicyclic) bond motifs is 1. The van der Waals surface area contributed by atoms with E-state index in [1.54, 1.807) is 7.11 Å². The van der Waals surface area contributed by atoms with Gasteiger partial charge in [0.15, 0.2) is 0 Å². The highest BCUT2D eigenvalue weighted by Gasteiger charge is 2.30. The fourth-order valence-corrected chi connectivity index (χ4v) is 4.12. The Bertz CT molecular complexity index is 1260. The zero-order valence-electron chi connectivity index (χ0n) is 19.7. The number of nitrogens with one attached hydrogen (secondary N) is 1. The predicted octanol–water partition coefficient (Wildman–Crippen LogP) is 7.40. The number of ether oxygens (including phenoxy) is 2. The number of halogens is 3. The van der Waals surface area contributed by atoms with Crippen molar-refractivity contribution >= 4 is 10.8 Å².